The number of aliphatic hydroxyl groups excluding tert-OH is 1. The molecule has 0 radical (unpaired) electrons. The number of hydrogen-bond donors (Lipinski definition) is 1. The summed E-state index contributed by atoms with van der Waals surface area (Å²) in [6.07, 6.45) is -2.53. The molecule has 2 aliphatic rings. The zero-order chi connectivity index (χ0) is 21.8. The topological polar surface area (TPSA) is 95.7 Å². The summed E-state index contributed by atoms with van der Waals surface area (Å²) in [5.74, 6) is -5.68. The van der Waals surface area contributed by atoms with Crippen LogP contribution in [0.5, 0.6) is 0 Å². The Morgan fingerprint density at radius 2 is 1.93 bits per heavy atom. The van der Waals surface area contributed by atoms with Gasteiger partial charge in [0.2, 0.25) is 0 Å². The second kappa shape index (κ2) is 7.41. The van der Waals surface area contributed by atoms with Crippen LogP contribution in [0, 0.1) is 17.5 Å². The molecule has 0 aliphatic carbocycles. The lowest BCUT2D eigenvalue weighted by Crippen LogP contribution is -2.63. The van der Waals surface area contributed by atoms with Gasteiger partial charge in [0.1, 0.15) is 36.2 Å². The number of Topliss-reactive ketones (excluding diaryl/α,β-unsaturated/α-hetero) is 1. The van der Waals surface area contributed by atoms with Gasteiger partial charge in [0.25, 0.3) is 0 Å². The number of nitrogens with zero attached hydrogens (tertiary/aromatic N) is 3. The molecule has 1 N–H and O–H groups in total. The summed E-state index contributed by atoms with van der Waals surface area (Å²) >= 11 is 0. The van der Waals surface area contributed by atoms with Crippen LogP contribution in [0.1, 0.15) is 26.8 Å². The summed E-state index contributed by atoms with van der Waals surface area (Å²) in [5, 5.41) is 18.7. The minimum absolute atomic E-state index is 0.0351. The number of ether oxygens (including phenoxy) is 3. The second-order valence-electron chi connectivity index (χ2n) is 7.82. The fourth-order valence-electron chi connectivity index (χ4n) is 3.77. The average Bonchev–Trinajstić information content (AvgIpc) is 3.14. The lowest BCUT2D eigenvalue weighted by atomic mass is 9.90. The first kappa shape index (κ1) is 20.9. The molecule has 1 aromatic carbocycles. The Morgan fingerprint density at radius 1 is 1.27 bits per heavy atom. The van der Waals surface area contributed by atoms with Crippen LogP contribution in [0.3, 0.4) is 0 Å². The molecule has 2 aliphatic heterocycles. The van der Waals surface area contributed by atoms with Gasteiger partial charge in [-0.25, -0.2) is 17.9 Å². The molecule has 8 nitrogen and oxygen atoms in total. The maximum atomic E-state index is 13.6. The van der Waals surface area contributed by atoms with E-state index in [1.54, 1.807) is 13.8 Å². The first-order valence-corrected chi connectivity index (χ1v) is 9.30. The zero-order valence-electron chi connectivity index (χ0n) is 16.4. The fourth-order valence-corrected chi connectivity index (χ4v) is 3.77. The largest absolute Gasteiger partial charge is 0.388 e. The molecule has 0 bridgehead atoms. The highest BCUT2D eigenvalue weighted by Crippen LogP contribution is 2.38. The third-order valence-corrected chi connectivity index (χ3v) is 5.20. The molecule has 0 amide bonds. The molecule has 0 unspecified atom stereocenters. The molecule has 2 saturated heterocycles. The van der Waals surface area contributed by atoms with Gasteiger partial charge in [-0.15, -0.1) is 5.10 Å². The minimum atomic E-state index is -1.59. The van der Waals surface area contributed by atoms with E-state index in [2.05, 4.69) is 10.3 Å². The molecule has 3 heterocycles. The van der Waals surface area contributed by atoms with Crippen LogP contribution in [-0.2, 0) is 19.0 Å². The van der Waals surface area contributed by atoms with Crippen molar-refractivity contribution in [1.82, 2.24) is 15.0 Å². The van der Waals surface area contributed by atoms with Crippen LogP contribution in [0.15, 0.2) is 18.3 Å². The Kier molecular flexibility index (Phi) is 5.17. The average molecular weight is 427 g/mol. The molecule has 162 valence electrons. The summed E-state index contributed by atoms with van der Waals surface area (Å²) < 4.78 is 58.9. The van der Waals surface area contributed by atoms with E-state index in [1.165, 1.54) is 17.8 Å². The van der Waals surface area contributed by atoms with Crippen molar-refractivity contribution in [3.05, 3.63) is 35.8 Å². The van der Waals surface area contributed by atoms with Gasteiger partial charge in [-0.1, -0.05) is 5.21 Å². The van der Waals surface area contributed by atoms with Gasteiger partial charge in [-0.05, 0) is 32.9 Å². The molecule has 30 heavy (non-hydrogen) atoms. The second-order valence-corrected chi connectivity index (χ2v) is 7.82. The maximum Gasteiger partial charge on any atom is 0.194 e. The van der Waals surface area contributed by atoms with Crippen LogP contribution in [0.2, 0.25) is 0 Å². The fraction of sp³-hybridized carbons (Fsp3) is 0.526. The number of halogens is 3. The number of ketones is 1. The van der Waals surface area contributed by atoms with Gasteiger partial charge in [0.05, 0.1) is 12.8 Å². The van der Waals surface area contributed by atoms with E-state index < -0.39 is 59.5 Å². The molecule has 2 aromatic rings. The summed E-state index contributed by atoms with van der Waals surface area (Å²) in [6, 6.07) is 0.697. The quantitative estimate of drug-likeness (QED) is 0.746. The molecule has 2 fully saturated rings. The Morgan fingerprint density at radius 3 is 2.57 bits per heavy atom. The first-order valence-electron chi connectivity index (χ1n) is 9.30. The maximum absolute atomic E-state index is 13.6. The van der Waals surface area contributed by atoms with Crippen LogP contribution in [0.25, 0.3) is 11.3 Å². The molecule has 11 heteroatoms. The number of rotatable bonds is 3. The third kappa shape index (κ3) is 3.62. The van der Waals surface area contributed by atoms with Crippen molar-refractivity contribution in [2.75, 3.05) is 6.61 Å². The van der Waals surface area contributed by atoms with Gasteiger partial charge >= 0.3 is 0 Å². The number of carbonyl (C=O) groups is 1. The molecular formula is C19H20F3N3O5. The van der Waals surface area contributed by atoms with E-state index >= 15 is 0 Å². The minimum Gasteiger partial charge on any atom is -0.388 e. The lowest BCUT2D eigenvalue weighted by molar-refractivity contribution is -0.344. The molecular weight excluding hydrogens is 407 g/mol. The number of hydrogen-bond acceptors (Lipinski definition) is 7. The summed E-state index contributed by atoms with van der Waals surface area (Å²) in [6.45, 7) is 4.80. The van der Waals surface area contributed by atoms with E-state index in [0.717, 1.165) is 12.1 Å². The number of carbonyl (C=O) groups excluding carboxylic acids is 1. The van der Waals surface area contributed by atoms with E-state index in [4.69, 9.17) is 14.2 Å². The van der Waals surface area contributed by atoms with Gasteiger partial charge < -0.3 is 19.3 Å². The standard InChI is InChI=1S/C19H20F3N3O5/c1-8(26)17-16(27)15(18-13(29-17)7-28-19(2,3)30-18)25-6-12(23-24-25)9-4-10(20)14(22)11(21)5-9/h4-6,13,15-18,27H,7H2,1-3H3/t13-,15-,16-,17+,18+/m1/s1. The van der Waals surface area contributed by atoms with Gasteiger partial charge in [0.15, 0.2) is 29.0 Å². The molecule has 5 atom stereocenters. The predicted octanol–water partition coefficient (Wildman–Crippen LogP) is 1.77. The highest BCUT2D eigenvalue weighted by Gasteiger charge is 2.53. The van der Waals surface area contributed by atoms with Crippen LogP contribution < -0.4 is 0 Å². The Hall–Kier alpha value is -2.34. The van der Waals surface area contributed by atoms with Crippen molar-refractivity contribution in [1.29, 1.82) is 0 Å². The molecule has 1 aromatic heterocycles. The van der Waals surface area contributed by atoms with E-state index in [9.17, 15) is 23.1 Å². The summed E-state index contributed by atoms with van der Waals surface area (Å²) in [7, 11) is 0. The smallest absolute Gasteiger partial charge is 0.194 e. The van der Waals surface area contributed by atoms with Crippen molar-refractivity contribution in [3.63, 3.8) is 0 Å². The molecule has 0 spiro atoms. The van der Waals surface area contributed by atoms with Gasteiger partial charge in [-0.3, -0.25) is 4.79 Å². The number of aromatic nitrogens is 3. The number of fused-ring (bicyclic) bond motifs is 1. The summed E-state index contributed by atoms with van der Waals surface area (Å²) in [5.41, 5.74) is 0.0147. The molecule has 0 saturated carbocycles. The highest BCUT2D eigenvalue weighted by atomic mass is 19.2. The van der Waals surface area contributed by atoms with E-state index in [0.29, 0.717) is 0 Å². The van der Waals surface area contributed by atoms with Crippen LogP contribution in [0.4, 0.5) is 13.2 Å². The summed E-state index contributed by atoms with van der Waals surface area (Å²) in [4.78, 5) is 12.0. The van der Waals surface area contributed by atoms with Crippen LogP contribution >= 0.6 is 0 Å². The van der Waals surface area contributed by atoms with Gasteiger partial charge in [0, 0.05) is 5.56 Å². The number of benzene rings is 1. The van der Waals surface area contributed by atoms with E-state index in [1.807, 2.05) is 0 Å². The number of aliphatic hydroxyl groups is 1. The Balaban J connectivity index is 1.72. The van der Waals surface area contributed by atoms with E-state index in [-0.39, 0.29) is 17.9 Å². The molecule has 4 rings (SSSR count). The lowest BCUT2D eigenvalue weighted by Gasteiger charge is -2.49. The van der Waals surface area contributed by atoms with Crippen molar-refractivity contribution in [2.45, 2.75) is 57.0 Å². The first-order chi connectivity index (χ1) is 14.1. The van der Waals surface area contributed by atoms with Crippen molar-refractivity contribution >= 4 is 5.78 Å². The highest BCUT2D eigenvalue weighted by molar-refractivity contribution is 5.81. The third-order valence-electron chi connectivity index (χ3n) is 5.20. The van der Waals surface area contributed by atoms with Crippen molar-refractivity contribution in [3.8, 4) is 11.3 Å². The van der Waals surface area contributed by atoms with Crippen LogP contribution in [-0.4, -0.2) is 62.7 Å². The SMILES string of the molecule is CC(=O)[C@@H]1O[C@@H]2COC(C)(C)O[C@@H]2[C@H](n2cc(-c3cc(F)c(F)c(F)c3)nn2)[C@H]1O. The Bertz CT molecular complexity index is 959. The Labute approximate surface area is 169 Å². The monoisotopic (exact) mass is 427 g/mol. The zero-order valence-corrected chi connectivity index (χ0v) is 16.4. The predicted molar refractivity (Wildman–Crippen MR) is 94.6 cm³/mol. The van der Waals surface area contributed by atoms with Crippen molar-refractivity contribution < 1.29 is 37.3 Å². The normalized spacial score (nSPS) is 30.7. The van der Waals surface area contributed by atoms with Crippen molar-refractivity contribution in [2.24, 2.45) is 0 Å². The van der Waals surface area contributed by atoms with Gasteiger partial charge in [-0.2, -0.15) is 0 Å².